The van der Waals surface area contributed by atoms with Crippen LogP contribution in [0, 0.1) is 55.4 Å². The largest absolute Gasteiger partial charge is 0.0617 e. The van der Waals surface area contributed by atoms with Gasteiger partial charge in [-0.3, -0.25) is 0 Å². The molecule has 0 unspecified atom stereocenters. The topological polar surface area (TPSA) is 0 Å². The van der Waals surface area contributed by atoms with Crippen LogP contribution in [0.25, 0.3) is 0 Å². The van der Waals surface area contributed by atoms with E-state index >= 15 is 0 Å². The third kappa shape index (κ3) is 27.7. The van der Waals surface area contributed by atoms with Crippen LogP contribution in [-0.4, -0.2) is 0 Å². The van der Waals surface area contributed by atoms with E-state index in [1.807, 2.05) is 0 Å². The predicted molar refractivity (Wildman–Crippen MR) is 322 cm³/mol. The fraction of sp³-hybridized carbons (Fsp3) is 0.408. The van der Waals surface area contributed by atoms with Crippen LogP contribution in [0.2, 0.25) is 0 Å². The van der Waals surface area contributed by atoms with Gasteiger partial charge in [0.25, 0.3) is 0 Å². The van der Waals surface area contributed by atoms with Crippen molar-refractivity contribution in [2.24, 2.45) is 0 Å². The fourth-order valence-corrected chi connectivity index (χ4v) is 6.91. The van der Waals surface area contributed by atoms with Gasteiger partial charge >= 0.3 is 0 Å². The minimum absolute atomic E-state index is 0.647. The minimum Gasteiger partial charge on any atom is -0.0617 e. The number of aryl methyl sites for hydroxylation is 8. The van der Waals surface area contributed by atoms with E-state index in [4.69, 9.17) is 0 Å². The number of hydrogen-bond donors (Lipinski definition) is 0. The highest BCUT2D eigenvalue weighted by molar-refractivity contribution is 5.32. The molecule has 0 nitrogen and oxygen atoms in total. The van der Waals surface area contributed by atoms with Crippen LogP contribution in [0.15, 0.2) is 164 Å². The van der Waals surface area contributed by atoms with Gasteiger partial charge in [-0.1, -0.05) is 294 Å². The lowest BCUT2D eigenvalue weighted by molar-refractivity contribution is 0.864. The highest BCUT2D eigenvalue weighted by Gasteiger charge is 2.01. The smallest absolute Gasteiger partial charge is 0.0219 e. The van der Waals surface area contributed by atoms with Crippen LogP contribution in [0.1, 0.15) is 222 Å². The molecule has 0 aromatic heterocycles. The summed E-state index contributed by atoms with van der Waals surface area (Å²) in [6, 6.07) is 58.9. The molecule has 0 fully saturated rings. The Morgan fingerprint density at radius 1 is 0.183 bits per heavy atom. The second-order valence-corrected chi connectivity index (χ2v) is 21.9. The lowest BCUT2D eigenvalue weighted by Gasteiger charge is -2.07. The van der Waals surface area contributed by atoms with Crippen molar-refractivity contribution in [2.75, 3.05) is 0 Å². The van der Waals surface area contributed by atoms with Crippen molar-refractivity contribution in [1.82, 2.24) is 0 Å². The molecule has 0 saturated heterocycles. The molecule has 7 aromatic carbocycles. The molecule has 0 atom stereocenters. The summed E-state index contributed by atoms with van der Waals surface area (Å²) in [6.45, 7) is 48.0. The summed E-state index contributed by atoms with van der Waals surface area (Å²) in [7, 11) is 0. The highest BCUT2D eigenvalue weighted by Crippen LogP contribution is 2.20. The van der Waals surface area contributed by atoms with Gasteiger partial charge in [0.2, 0.25) is 0 Å². The van der Waals surface area contributed by atoms with E-state index in [-0.39, 0.29) is 0 Å². The predicted octanol–water partition coefficient (Wildman–Crippen LogP) is 22.1. The Bertz CT molecular complexity index is 2130. The lowest BCUT2D eigenvalue weighted by atomic mass is 9.99. The monoisotopic (exact) mass is 953 g/mol. The van der Waals surface area contributed by atoms with Crippen LogP contribution in [0.5, 0.6) is 0 Å². The standard InChI is InChI=1S/C11H16.6C10H14/c1-8(2)11-6-5-9(3)10(4)7-11;5*1-8(2)10-6-4-9(3)5-7-10;1-8(2)10-6-4-5-9(3)7-10/h5-8H,1-4H3;6*4-8H,1-3H3. The van der Waals surface area contributed by atoms with Crippen LogP contribution >= 0.6 is 0 Å². The zero-order chi connectivity index (χ0) is 53.8. The summed E-state index contributed by atoms with van der Waals surface area (Å²) in [5.74, 6) is 4.57. The first-order chi connectivity index (χ1) is 33.3. The minimum atomic E-state index is 0.647. The summed E-state index contributed by atoms with van der Waals surface area (Å²) >= 11 is 0. The second-order valence-electron chi connectivity index (χ2n) is 21.9. The first kappa shape index (κ1) is 63.6. The maximum absolute atomic E-state index is 2.28. The van der Waals surface area contributed by atoms with E-state index in [1.165, 1.54) is 83.5 Å². The Morgan fingerprint density at radius 3 is 0.577 bits per heavy atom. The van der Waals surface area contributed by atoms with E-state index in [2.05, 4.69) is 316 Å². The number of benzene rings is 7. The molecule has 0 saturated carbocycles. The lowest BCUT2D eigenvalue weighted by Crippen LogP contribution is -1.89. The Kier molecular flexibility index (Phi) is 30.4. The second kappa shape index (κ2) is 34.0. The van der Waals surface area contributed by atoms with Crippen LogP contribution in [-0.2, 0) is 0 Å². The van der Waals surface area contributed by atoms with Gasteiger partial charge < -0.3 is 0 Å². The van der Waals surface area contributed by atoms with Crippen LogP contribution < -0.4 is 0 Å². The molecule has 0 aliphatic rings. The Morgan fingerprint density at radius 2 is 0.394 bits per heavy atom. The van der Waals surface area contributed by atoms with Crippen molar-refractivity contribution in [3.05, 3.63) is 247 Å². The third-order valence-electron chi connectivity index (χ3n) is 12.6. The molecule has 0 radical (unpaired) electrons. The molecule has 71 heavy (non-hydrogen) atoms. The molecule has 384 valence electrons. The zero-order valence-electron chi connectivity index (χ0n) is 49.1. The van der Waals surface area contributed by atoms with E-state index in [1.54, 1.807) is 0 Å². The normalized spacial score (nSPS) is 10.4. The van der Waals surface area contributed by atoms with E-state index in [0.29, 0.717) is 41.4 Å². The first-order valence-electron chi connectivity index (χ1n) is 26.8. The van der Waals surface area contributed by atoms with Crippen molar-refractivity contribution in [3.63, 3.8) is 0 Å². The van der Waals surface area contributed by atoms with E-state index < -0.39 is 0 Å². The summed E-state index contributed by atoms with van der Waals surface area (Å²) in [6.07, 6.45) is 0. The summed E-state index contributed by atoms with van der Waals surface area (Å²) < 4.78 is 0. The zero-order valence-corrected chi connectivity index (χ0v) is 49.1. The molecule has 0 aliphatic heterocycles. The van der Waals surface area contributed by atoms with Gasteiger partial charge in [0, 0.05) is 0 Å². The molecular formula is C71H100. The maximum Gasteiger partial charge on any atom is -0.0219 e. The molecule has 7 aromatic rings. The average molecular weight is 954 g/mol. The number of hydrogen-bond acceptors (Lipinski definition) is 0. The molecule has 7 rings (SSSR count). The molecule has 0 heterocycles. The Balaban J connectivity index is 0.000000414. The fourth-order valence-electron chi connectivity index (χ4n) is 6.91. The molecule has 0 amide bonds. The van der Waals surface area contributed by atoms with Crippen molar-refractivity contribution < 1.29 is 0 Å². The quantitative estimate of drug-likeness (QED) is 0.149. The average Bonchev–Trinajstić information content (AvgIpc) is 3.32. The van der Waals surface area contributed by atoms with Gasteiger partial charge in [-0.2, -0.15) is 0 Å². The molecule has 0 aliphatic carbocycles. The molecule has 0 heteroatoms. The summed E-state index contributed by atoms with van der Waals surface area (Å²) in [5.41, 5.74) is 20.8. The SMILES string of the molecule is Cc1ccc(C(C)C)cc1.Cc1ccc(C(C)C)cc1.Cc1ccc(C(C)C)cc1.Cc1ccc(C(C)C)cc1.Cc1ccc(C(C)C)cc1.Cc1ccc(C(C)C)cc1C.Cc1cccc(C(C)C)c1. The van der Waals surface area contributed by atoms with Gasteiger partial charge in [-0.25, -0.2) is 0 Å². The van der Waals surface area contributed by atoms with E-state index in [0.717, 1.165) is 0 Å². The Hall–Kier alpha value is -5.46. The molecule has 0 bridgehead atoms. The number of rotatable bonds is 7. The van der Waals surface area contributed by atoms with Gasteiger partial charge in [0.1, 0.15) is 0 Å². The van der Waals surface area contributed by atoms with Gasteiger partial charge in [-0.05, 0) is 147 Å². The molecular weight excluding hydrogens is 853 g/mol. The summed E-state index contributed by atoms with van der Waals surface area (Å²) in [5, 5.41) is 0. The van der Waals surface area contributed by atoms with Crippen LogP contribution in [0.3, 0.4) is 0 Å². The van der Waals surface area contributed by atoms with Crippen molar-refractivity contribution in [1.29, 1.82) is 0 Å². The van der Waals surface area contributed by atoms with Gasteiger partial charge in [0.15, 0.2) is 0 Å². The van der Waals surface area contributed by atoms with Gasteiger partial charge in [0.05, 0.1) is 0 Å². The maximum atomic E-state index is 2.28. The molecule has 0 spiro atoms. The van der Waals surface area contributed by atoms with Crippen molar-refractivity contribution in [3.8, 4) is 0 Å². The van der Waals surface area contributed by atoms with Crippen molar-refractivity contribution >= 4 is 0 Å². The highest BCUT2D eigenvalue weighted by atomic mass is 14.1. The summed E-state index contributed by atoms with van der Waals surface area (Å²) in [4.78, 5) is 0. The van der Waals surface area contributed by atoms with Crippen LogP contribution in [0.4, 0.5) is 0 Å². The third-order valence-corrected chi connectivity index (χ3v) is 12.6. The van der Waals surface area contributed by atoms with Gasteiger partial charge in [-0.15, -0.1) is 0 Å². The molecule has 0 N–H and O–H groups in total. The first-order valence-corrected chi connectivity index (χ1v) is 26.8. The van der Waals surface area contributed by atoms with E-state index in [9.17, 15) is 0 Å². The van der Waals surface area contributed by atoms with Crippen molar-refractivity contribution in [2.45, 2.75) is 194 Å². The Labute approximate surface area is 438 Å².